The van der Waals surface area contributed by atoms with E-state index in [0.29, 0.717) is 5.56 Å². The minimum atomic E-state index is -0.267. The number of nitriles is 1. The number of hydrogen-bond donors (Lipinski definition) is 1. The molecule has 0 aliphatic rings. The first-order chi connectivity index (χ1) is 7.78. The van der Waals surface area contributed by atoms with Crippen molar-refractivity contribution in [3.63, 3.8) is 0 Å². The Kier molecular flexibility index (Phi) is 2.84. The number of benzene rings is 2. The van der Waals surface area contributed by atoms with Crippen LogP contribution in [-0.4, -0.2) is 0 Å². The zero-order valence-corrected chi connectivity index (χ0v) is 8.44. The maximum Gasteiger partial charge on any atom is 0.123 e. The van der Waals surface area contributed by atoms with E-state index in [0.717, 1.165) is 11.4 Å². The van der Waals surface area contributed by atoms with E-state index in [4.69, 9.17) is 5.26 Å². The Morgan fingerprint density at radius 2 is 1.75 bits per heavy atom. The molecule has 78 valence electrons. The second-order valence-electron chi connectivity index (χ2n) is 3.32. The first-order valence-electron chi connectivity index (χ1n) is 4.81. The lowest BCUT2D eigenvalue weighted by atomic mass is 10.2. The van der Waals surface area contributed by atoms with E-state index in [1.807, 2.05) is 6.07 Å². The monoisotopic (exact) mass is 212 g/mol. The molecule has 0 aromatic heterocycles. The highest BCUT2D eigenvalue weighted by Gasteiger charge is 1.96. The Morgan fingerprint density at radius 1 is 1.00 bits per heavy atom. The Bertz CT molecular complexity index is 526. The summed E-state index contributed by atoms with van der Waals surface area (Å²) in [5.41, 5.74) is 2.19. The third kappa shape index (κ3) is 2.37. The molecule has 0 fully saturated rings. The van der Waals surface area contributed by atoms with Gasteiger partial charge in [-0.25, -0.2) is 4.39 Å². The lowest BCUT2D eigenvalue weighted by Crippen LogP contribution is -1.90. The van der Waals surface area contributed by atoms with Crippen molar-refractivity contribution in [2.45, 2.75) is 0 Å². The van der Waals surface area contributed by atoms with Gasteiger partial charge >= 0.3 is 0 Å². The molecule has 2 rings (SSSR count). The van der Waals surface area contributed by atoms with Crippen LogP contribution in [0.1, 0.15) is 5.56 Å². The first kappa shape index (κ1) is 10.2. The molecule has 0 heterocycles. The zero-order valence-electron chi connectivity index (χ0n) is 8.44. The molecule has 0 aliphatic heterocycles. The second-order valence-corrected chi connectivity index (χ2v) is 3.32. The highest BCUT2D eigenvalue weighted by atomic mass is 19.1. The summed E-state index contributed by atoms with van der Waals surface area (Å²) < 4.78 is 12.7. The smallest absolute Gasteiger partial charge is 0.123 e. The summed E-state index contributed by atoms with van der Waals surface area (Å²) in [4.78, 5) is 0. The Labute approximate surface area is 93.0 Å². The number of anilines is 2. The van der Waals surface area contributed by atoms with Crippen molar-refractivity contribution in [3.05, 3.63) is 59.9 Å². The van der Waals surface area contributed by atoms with Crippen LogP contribution >= 0.6 is 0 Å². The van der Waals surface area contributed by atoms with Gasteiger partial charge in [-0.05, 0) is 42.5 Å². The summed E-state index contributed by atoms with van der Waals surface area (Å²) >= 11 is 0. The van der Waals surface area contributed by atoms with Crippen LogP contribution in [0.3, 0.4) is 0 Å². The molecular formula is C13H9FN2. The van der Waals surface area contributed by atoms with Crippen LogP contribution in [0, 0.1) is 17.1 Å². The fraction of sp³-hybridized carbons (Fsp3) is 0. The molecule has 1 N–H and O–H groups in total. The molecule has 0 unspecified atom stereocenters. The molecule has 0 saturated carbocycles. The number of nitrogens with one attached hydrogen (secondary N) is 1. The zero-order chi connectivity index (χ0) is 11.4. The van der Waals surface area contributed by atoms with Crippen molar-refractivity contribution >= 4 is 11.4 Å². The molecule has 0 bridgehead atoms. The first-order valence-corrected chi connectivity index (χ1v) is 4.81. The Morgan fingerprint density at radius 3 is 2.44 bits per heavy atom. The largest absolute Gasteiger partial charge is 0.355 e. The van der Waals surface area contributed by atoms with Gasteiger partial charge in [0, 0.05) is 11.4 Å². The molecule has 0 radical (unpaired) electrons. The van der Waals surface area contributed by atoms with Gasteiger partial charge in [0.15, 0.2) is 0 Å². The van der Waals surface area contributed by atoms with Crippen LogP contribution < -0.4 is 5.32 Å². The summed E-state index contributed by atoms with van der Waals surface area (Å²) in [6.45, 7) is 0. The average Bonchev–Trinajstić information content (AvgIpc) is 2.32. The lowest BCUT2D eigenvalue weighted by molar-refractivity contribution is 0.628. The number of halogens is 1. The van der Waals surface area contributed by atoms with Gasteiger partial charge in [-0.15, -0.1) is 0 Å². The van der Waals surface area contributed by atoms with Crippen molar-refractivity contribution in [2.75, 3.05) is 5.32 Å². The van der Waals surface area contributed by atoms with E-state index < -0.39 is 0 Å². The van der Waals surface area contributed by atoms with Gasteiger partial charge in [-0.3, -0.25) is 0 Å². The predicted molar refractivity (Wildman–Crippen MR) is 60.8 cm³/mol. The summed E-state index contributed by atoms with van der Waals surface area (Å²) in [6, 6.07) is 15.2. The van der Waals surface area contributed by atoms with E-state index in [-0.39, 0.29) is 5.82 Å². The van der Waals surface area contributed by atoms with Crippen LogP contribution in [0.15, 0.2) is 48.5 Å². The van der Waals surface area contributed by atoms with Gasteiger partial charge in [0.05, 0.1) is 11.6 Å². The number of hydrogen-bond acceptors (Lipinski definition) is 2. The molecular weight excluding hydrogens is 203 g/mol. The Balaban J connectivity index is 2.21. The highest BCUT2D eigenvalue weighted by molar-refractivity contribution is 5.61. The van der Waals surface area contributed by atoms with Crippen molar-refractivity contribution in [1.29, 1.82) is 5.26 Å². The molecule has 0 spiro atoms. The topological polar surface area (TPSA) is 35.8 Å². The van der Waals surface area contributed by atoms with Crippen molar-refractivity contribution in [1.82, 2.24) is 0 Å². The third-order valence-electron chi connectivity index (χ3n) is 2.12. The molecule has 2 aromatic carbocycles. The van der Waals surface area contributed by atoms with Gasteiger partial charge in [0.1, 0.15) is 5.82 Å². The van der Waals surface area contributed by atoms with Crippen molar-refractivity contribution < 1.29 is 4.39 Å². The van der Waals surface area contributed by atoms with E-state index in [9.17, 15) is 4.39 Å². The number of rotatable bonds is 2. The third-order valence-corrected chi connectivity index (χ3v) is 2.12. The maximum absolute atomic E-state index is 12.7. The van der Waals surface area contributed by atoms with E-state index in [2.05, 4.69) is 11.4 Å². The molecule has 0 amide bonds. The number of nitrogens with zero attached hydrogens (tertiary/aromatic N) is 1. The standard InChI is InChI=1S/C13H9FN2/c14-11-4-6-12(7-5-11)16-13-3-1-2-10(8-13)9-15/h1-8,16H. The quantitative estimate of drug-likeness (QED) is 0.827. The Hall–Kier alpha value is -2.34. The van der Waals surface area contributed by atoms with Gasteiger partial charge in [0.25, 0.3) is 0 Å². The fourth-order valence-electron chi connectivity index (χ4n) is 1.37. The highest BCUT2D eigenvalue weighted by Crippen LogP contribution is 2.17. The summed E-state index contributed by atoms with van der Waals surface area (Å²) in [6.07, 6.45) is 0. The van der Waals surface area contributed by atoms with Crippen LogP contribution in [0.25, 0.3) is 0 Å². The minimum absolute atomic E-state index is 0.267. The van der Waals surface area contributed by atoms with Crippen LogP contribution in [0.2, 0.25) is 0 Å². The fourth-order valence-corrected chi connectivity index (χ4v) is 1.37. The van der Waals surface area contributed by atoms with Gasteiger partial charge < -0.3 is 5.32 Å². The lowest BCUT2D eigenvalue weighted by Gasteiger charge is -2.06. The molecule has 2 aromatic rings. The normalized spacial score (nSPS) is 9.50. The van der Waals surface area contributed by atoms with Crippen LogP contribution in [0.5, 0.6) is 0 Å². The van der Waals surface area contributed by atoms with Crippen LogP contribution in [-0.2, 0) is 0 Å². The van der Waals surface area contributed by atoms with E-state index in [1.165, 1.54) is 12.1 Å². The van der Waals surface area contributed by atoms with Crippen molar-refractivity contribution in [3.8, 4) is 6.07 Å². The van der Waals surface area contributed by atoms with E-state index >= 15 is 0 Å². The molecule has 0 atom stereocenters. The molecule has 0 aliphatic carbocycles. The molecule has 2 nitrogen and oxygen atoms in total. The van der Waals surface area contributed by atoms with Crippen molar-refractivity contribution in [2.24, 2.45) is 0 Å². The van der Waals surface area contributed by atoms with Gasteiger partial charge in [-0.2, -0.15) is 5.26 Å². The summed E-state index contributed by atoms with van der Waals surface area (Å²) in [5, 5.41) is 11.8. The average molecular weight is 212 g/mol. The molecule has 3 heteroatoms. The van der Waals surface area contributed by atoms with Crippen LogP contribution in [0.4, 0.5) is 15.8 Å². The molecule has 16 heavy (non-hydrogen) atoms. The summed E-state index contributed by atoms with van der Waals surface area (Å²) in [7, 11) is 0. The summed E-state index contributed by atoms with van der Waals surface area (Å²) in [5.74, 6) is -0.267. The second kappa shape index (κ2) is 4.45. The maximum atomic E-state index is 12.7. The predicted octanol–water partition coefficient (Wildman–Crippen LogP) is 3.44. The minimum Gasteiger partial charge on any atom is -0.355 e. The van der Waals surface area contributed by atoms with Gasteiger partial charge in [-0.1, -0.05) is 6.07 Å². The SMILES string of the molecule is N#Cc1cccc(Nc2ccc(F)cc2)c1. The van der Waals surface area contributed by atoms with Gasteiger partial charge in [0.2, 0.25) is 0 Å². The van der Waals surface area contributed by atoms with E-state index in [1.54, 1.807) is 30.3 Å². The molecule has 0 saturated heterocycles.